The van der Waals surface area contributed by atoms with Crippen molar-refractivity contribution < 1.29 is 9.90 Å². The van der Waals surface area contributed by atoms with Crippen LogP contribution in [0.2, 0.25) is 0 Å². The zero-order valence-electron chi connectivity index (χ0n) is 15.3. The molecule has 0 saturated heterocycles. The number of fused-ring (bicyclic) bond motifs is 1. The van der Waals surface area contributed by atoms with E-state index in [2.05, 4.69) is 31.5 Å². The van der Waals surface area contributed by atoms with E-state index in [0.717, 1.165) is 4.47 Å². The van der Waals surface area contributed by atoms with Crippen LogP contribution in [0, 0.1) is 0 Å². The topological polar surface area (TPSA) is 79.0 Å². The van der Waals surface area contributed by atoms with E-state index in [1.165, 1.54) is 4.57 Å². The van der Waals surface area contributed by atoms with Crippen molar-refractivity contribution in [3.8, 4) is 5.88 Å². The number of anilines is 1. The molecule has 0 bridgehead atoms. The van der Waals surface area contributed by atoms with Crippen LogP contribution in [0.4, 0.5) is 17.1 Å². The van der Waals surface area contributed by atoms with Crippen LogP contribution in [0.1, 0.15) is 0 Å². The van der Waals surface area contributed by atoms with Gasteiger partial charge >= 0.3 is 0 Å². The average molecular weight is 449 g/mol. The Labute approximate surface area is 175 Å². The first kappa shape index (κ1) is 18.9. The molecule has 0 radical (unpaired) electrons. The molecule has 144 valence electrons. The number of aromatic nitrogens is 1. The zero-order valence-corrected chi connectivity index (χ0v) is 16.9. The highest BCUT2D eigenvalue weighted by Crippen LogP contribution is 2.40. The van der Waals surface area contributed by atoms with Gasteiger partial charge in [-0.1, -0.05) is 52.3 Å². The van der Waals surface area contributed by atoms with Gasteiger partial charge in [-0.2, -0.15) is 5.11 Å². The third kappa shape index (κ3) is 4.20. The molecule has 1 amide bonds. The van der Waals surface area contributed by atoms with Gasteiger partial charge < -0.3 is 15.0 Å². The number of rotatable bonds is 5. The lowest BCUT2D eigenvalue weighted by molar-refractivity contribution is -0.116. The summed E-state index contributed by atoms with van der Waals surface area (Å²) in [6.07, 6.45) is 0. The van der Waals surface area contributed by atoms with Crippen molar-refractivity contribution in [2.75, 3.05) is 5.32 Å². The second-order valence-corrected chi connectivity index (χ2v) is 7.29. The van der Waals surface area contributed by atoms with Crippen molar-refractivity contribution in [3.05, 3.63) is 83.3 Å². The maximum absolute atomic E-state index is 12.5. The van der Waals surface area contributed by atoms with Crippen LogP contribution in [0.5, 0.6) is 5.88 Å². The summed E-state index contributed by atoms with van der Waals surface area (Å²) in [5.74, 6) is -0.362. The Kier molecular flexibility index (Phi) is 5.39. The number of hydrogen-bond donors (Lipinski definition) is 2. The van der Waals surface area contributed by atoms with Crippen LogP contribution in [-0.2, 0) is 11.3 Å². The number of carbonyl (C=O) groups excluding carboxylic acids is 1. The van der Waals surface area contributed by atoms with Crippen molar-refractivity contribution in [3.63, 3.8) is 0 Å². The summed E-state index contributed by atoms with van der Waals surface area (Å²) in [7, 11) is 0. The molecular formula is C22H17BrN4O2. The van der Waals surface area contributed by atoms with Gasteiger partial charge in [-0.05, 0) is 42.5 Å². The van der Waals surface area contributed by atoms with E-state index in [-0.39, 0.29) is 18.3 Å². The molecule has 0 aliphatic carbocycles. The van der Waals surface area contributed by atoms with Crippen LogP contribution in [0.15, 0.2) is 93.6 Å². The van der Waals surface area contributed by atoms with Crippen LogP contribution in [-0.4, -0.2) is 15.6 Å². The minimum absolute atomic E-state index is 0.0558. The predicted molar refractivity (Wildman–Crippen MR) is 117 cm³/mol. The molecule has 0 saturated carbocycles. The summed E-state index contributed by atoms with van der Waals surface area (Å²) in [6.45, 7) is -0.0558. The molecule has 0 aliphatic heterocycles. The van der Waals surface area contributed by atoms with E-state index >= 15 is 0 Å². The first-order valence-corrected chi connectivity index (χ1v) is 9.73. The van der Waals surface area contributed by atoms with Gasteiger partial charge in [0.2, 0.25) is 11.8 Å². The largest absolute Gasteiger partial charge is 0.493 e. The van der Waals surface area contributed by atoms with Gasteiger partial charge in [-0.15, -0.1) is 5.11 Å². The quantitative estimate of drug-likeness (QED) is 0.358. The highest BCUT2D eigenvalue weighted by Gasteiger charge is 2.19. The number of benzene rings is 3. The normalized spacial score (nSPS) is 11.2. The summed E-state index contributed by atoms with van der Waals surface area (Å²) in [4.78, 5) is 12.5. The van der Waals surface area contributed by atoms with Gasteiger partial charge in [0.25, 0.3) is 0 Å². The first-order valence-electron chi connectivity index (χ1n) is 8.94. The number of para-hydroxylation sites is 1. The molecule has 0 fully saturated rings. The predicted octanol–water partition coefficient (Wildman–Crippen LogP) is 6.16. The molecule has 1 heterocycles. The maximum Gasteiger partial charge on any atom is 0.244 e. The molecule has 6 nitrogen and oxygen atoms in total. The van der Waals surface area contributed by atoms with Crippen molar-refractivity contribution in [1.82, 2.24) is 4.57 Å². The Balaban J connectivity index is 1.70. The van der Waals surface area contributed by atoms with Crippen LogP contribution < -0.4 is 5.32 Å². The first-order chi connectivity index (χ1) is 14.1. The van der Waals surface area contributed by atoms with Gasteiger partial charge in [0, 0.05) is 15.5 Å². The fourth-order valence-corrected chi connectivity index (χ4v) is 3.38. The number of carbonyl (C=O) groups is 1. The third-order valence-electron chi connectivity index (χ3n) is 4.35. The summed E-state index contributed by atoms with van der Waals surface area (Å²) >= 11 is 3.45. The lowest BCUT2D eigenvalue weighted by Gasteiger charge is -2.08. The maximum atomic E-state index is 12.5. The molecule has 4 aromatic rings. The van der Waals surface area contributed by atoms with Crippen molar-refractivity contribution in [2.24, 2.45) is 10.2 Å². The molecule has 2 N–H and O–H groups in total. The standard InChI is InChI=1S/C22H17BrN4O2/c23-15-11-12-19-18(13-15)21(26-25-17-9-5-2-6-10-17)22(29)27(19)14-20(28)24-16-7-3-1-4-8-16/h1-13,29H,14H2,(H,24,28). The van der Waals surface area contributed by atoms with E-state index in [1.54, 1.807) is 0 Å². The van der Waals surface area contributed by atoms with Gasteiger partial charge in [0.05, 0.1) is 11.2 Å². The Hall–Kier alpha value is -3.45. The van der Waals surface area contributed by atoms with Crippen molar-refractivity contribution >= 4 is 49.8 Å². The van der Waals surface area contributed by atoms with E-state index in [1.807, 2.05) is 78.9 Å². The summed E-state index contributed by atoms with van der Waals surface area (Å²) < 4.78 is 2.37. The fourth-order valence-electron chi connectivity index (χ4n) is 3.02. The number of nitrogens with zero attached hydrogens (tertiary/aromatic N) is 3. The Morgan fingerprint density at radius 1 is 0.966 bits per heavy atom. The number of halogens is 1. The van der Waals surface area contributed by atoms with Gasteiger partial charge in [-0.3, -0.25) is 4.79 Å². The van der Waals surface area contributed by atoms with Crippen molar-refractivity contribution in [2.45, 2.75) is 6.54 Å². The smallest absolute Gasteiger partial charge is 0.244 e. The molecule has 29 heavy (non-hydrogen) atoms. The molecule has 0 spiro atoms. The number of aromatic hydroxyl groups is 1. The van der Waals surface area contributed by atoms with E-state index in [4.69, 9.17) is 0 Å². The Morgan fingerprint density at radius 3 is 2.38 bits per heavy atom. The molecule has 0 atom stereocenters. The van der Waals surface area contributed by atoms with E-state index in [9.17, 15) is 9.90 Å². The SMILES string of the molecule is O=C(Cn1c(O)c(N=Nc2ccccc2)c2cc(Br)ccc21)Nc1ccccc1. The second kappa shape index (κ2) is 8.28. The zero-order chi connectivity index (χ0) is 20.2. The third-order valence-corrected chi connectivity index (χ3v) is 4.85. The lowest BCUT2D eigenvalue weighted by Crippen LogP contribution is -2.18. The van der Waals surface area contributed by atoms with Gasteiger partial charge in [0.1, 0.15) is 6.54 Å². The number of hydrogen-bond acceptors (Lipinski definition) is 4. The molecular weight excluding hydrogens is 432 g/mol. The van der Waals surface area contributed by atoms with Crippen LogP contribution in [0.25, 0.3) is 10.9 Å². The molecule has 4 rings (SSSR count). The molecule has 0 aliphatic rings. The average Bonchev–Trinajstić information content (AvgIpc) is 2.98. The summed E-state index contributed by atoms with van der Waals surface area (Å²) in [5.41, 5.74) is 2.37. The monoisotopic (exact) mass is 448 g/mol. The summed E-state index contributed by atoms with van der Waals surface area (Å²) in [5, 5.41) is 22.8. The van der Waals surface area contributed by atoms with Crippen LogP contribution in [0.3, 0.4) is 0 Å². The van der Waals surface area contributed by atoms with Crippen molar-refractivity contribution in [1.29, 1.82) is 0 Å². The second-order valence-electron chi connectivity index (χ2n) is 6.37. The Morgan fingerprint density at radius 2 is 1.66 bits per heavy atom. The van der Waals surface area contributed by atoms with E-state index < -0.39 is 0 Å². The molecule has 3 aromatic carbocycles. The minimum atomic E-state index is -0.252. The molecule has 1 aromatic heterocycles. The summed E-state index contributed by atoms with van der Waals surface area (Å²) in [6, 6.07) is 24.0. The van der Waals surface area contributed by atoms with E-state index in [0.29, 0.717) is 28.0 Å². The highest BCUT2D eigenvalue weighted by molar-refractivity contribution is 9.10. The number of amides is 1. The van der Waals surface area contributed by atoms with Gasteiger partial charge in [-0.25, -0.2) is 0 Å². The number of azo groups is 1. The number of nitrogens with one attached hydrogen (secondary N) is 1. The molecule has 7 heteroatoms. The van der Waals surface area contributed by atoms with Gasteiger partial charge in [0.15, 0.2) is 5.69 Å². The lowest BCUT2D eigenvalue weighted by atomic mass is 10.2. The minimum Gasteiger partial charge on any atom is -0.493 e. The fraction of sp³-hybridized carbons (Fsp3) is 0.0455. The van der Waals surface area contributed by atoms with Crippen LogP contribution >= 0.6 is 15.9 Å². The highest BCUT2D eigenvalue weighted by atomic mass is 79.9. The Bertz CT molecular complexity index is 1190. The molecule has 0 unspecified atom stereocenters.